The standard InChI is InChI=1S/C13H13F3N4O/c1-8-7-20(12(17)19-8)18-6-9-3-10(13(14,15)16)5-11(4-9)21-2/h3-7H,1-2H3,(H2,17,19). The number of nitrogen functional groups attached to an aromatic ring is 1. The smallest absolute Gasteiger partial charge is 0.416 e. The summed E-state index contributed by atoms with van der Waals surface area (Å²) in [6, 6.07) is 3.35. The predicted molar refractivity (Wildman–Crippen MR) is 72.4 cm³/mol. The highest BCUT2D eigenvalue weighted by Gasteiger charge is 2.31. The van der Waals surface area contributed by atoms with Crippen molar-refractivity contribution < 1.29 is 17.9 Å². The van der Waals surface area contributed by atoms with Gasteiger partial charge in [0.25, 0.3) is 0 Å². The van der Waals surface area contributed by atoms with Gasteiger partial charge in [0.1, 0.15) is 5.75 Å². The molecule has 2 aromatic rings. The van der Waals surface area contributed by atoms with Crippen molar-refractivity contribution in [3.05, 3.63) is 41.2 Å². The fourth-order valence-electron chi connectivity index (χ4n) is 1.70. The summed E-state index contributed by atoms with van der Waals surface area (Å²) in [5, 5.41) is 3.98. The second kappa shape index (κ2) is 5.47. The molecule has 0 aliphatic carbocycles. The molecule has 0 saturated heterocycles. The maximum atomic E-state index is 12.8. The summed E-state index contributed by atoms with van der Waals surface area (Å²) in [6.07, 6.45) is -1.63. The number of methoxy groups -OCH3 is 1. The molecule has 1 aromatic carbocycles. The Morgan fingerprint density at radius 3 is 2.57 bits per heavy atom. The highest BCUT2D eigenvalue weighted by molar-refractivity contribution is 5.80. The third-order valence-electron chi connectivity index (χ3n) is 2.66. The van der Waals surface area contributed by atoms with Gasteiger partial charge in [-0.3, -0.25) is 0 Å². The number of alkyl halides is 3. The first-order chi connectivity index (χ1) is 9.79. The summed E-state index contributed by atoms with van der Waals surface area (Å²) >= 11 is 0. The van der Waals surface area contributed by atoms with Crippen LogP contribution in [0.2, 0.25) is 0 Å². The van der Waals surface area contributed by atoms with Crippen LogP contribution in [0, 0.1) is 6.92 Å². The Morgan fingerprint density at radius 1 is 1.33 bits per heavy atom. The van der Waals surface area contributed by atoms with Crippen molar-refractivity contribution in [1.82, 2.24) is 9.66 Å². The van der Waals surface area contributed by atoms with E-state index in [4.69, 9.17) is 10.5 Å². The van der Waals surface area contributed by atoms with E-state index in [9.17, 15) is 13.2 Å². The monoisotopic (exact) mass is 298 g/mol. The maximum absolute atomic E-state index is 12.8. The quantitative estimate of drug-likeness (QED) is 0.886. The SMILES string of the molecule is COc1cc(C=Nn2cc(C)nc2N)cc(C(F)(F)F)c1. The van der Waals surface area contributed by atoms with Crippen molar-refractivity contribution in [1.29, 1.82) is 0 Å². The zero-order chi connectivity index (χ0) is 15.6. The highest BCUT2D eigenvalue weighted by Crippen LogP contribution is 2.32. The van der Waals surface area contributed by atoms with Gasteiger partial charge in [0.2, 0.25) is 5.95 Å². The van der Waals surface area contributed by atoms with Crippen LogP contribution in [0.25, 0.3) is 0 Å². The van der Waals surface area contributed by atoms with E-state index in [1.807, 2.05) is 0 Å². The molecule has 112 valence electrons. The molecule has 21 heavy (non-hydrogen) atoms. The lowest BCUT2D eigenvalue weighted by Crippen LogP contribution is -2.06. The van der Waals surface area contributed by atoms with Crippen LogP contribution in [0.3, 0.4) is 0 Å². The molecule has 2 N–H and O–H groups in total. The minimum Gasteiger partial charge on any atom is -0.497 e. The summed E-state index contributed by atoms with van der Waals surface area (Å²) in [4.78, 5) is 3.94. The Balaban J connectivity index is 2.37. The van der Waals surface area contributed by atoms with Crippen molar-refractivity contribution in [2.45, 2.75) is 13.1 Å². The van der Waals surface area contributed by atoms with Crippen molar-refractivity contribution >= 4 is 12.2 Å². The Hall–Kier alpha value is -2.51. The lowest BCUT2D eigenvalue weighted by Gasteiger charge is -2.09. The van der Waals surface area contributed by atoms with E-state index in [0.29, 0.717) is 5.69 Å². The third-order valence-corrected chi connectivity index (χ3v) is 2.66. The average Bonchev–Trinajstić information content (AvgIpc) is 2.73. The first-order valence-electron chi connectivity index (χ1n) is 5.91. The summed E-state index contributed by atoms with van der Waals surface area (Å²) in [7, 11) is 1.30. The number of rotatable bonds is 3. The Morgan fingerprint density at radius 2 is 2.05 bits per heavy atom. The number of hydrogen-bond donors (Lipinski definition) is 1. The Labute approximate surface area is 118 Å². The lowest BCUT2D eigenvalue weighted by atomic mass is 10.1. The number of nitrogens with two attached hydrogens (primary N) is 1. The number of halogens is 3. The van der Waals surface area contributed by atoms with E-state index in [1.54, 1.807) is 13.1 Å². The molecule has 5 nitrogen and oxygen atoms in total. The second-order valence-electron chi connectivity index (χ2n) is 4.32. The highest BCUT2D eigenvalue weighted by atomic mass is 19.4. The fourth-order valence-corrected chi connectivity index (χ4v) is 1.70. The van der Waals surface area contributed by atoms with Crippen LogP contribution in [0.4, 0.5) is 19.1 Å². The molecular formula is C13H13F3N4O. The second-order valence-corrected chi connectivity index (χ2v) is 4.32. The van der Waals surface area contributed by atoms with Gasteiger partial charge in [-0.05, 0) is 30.7 Å². The van der Waals surface area contributed by atoms with Crippen molar-refractivity contribution in [3.8, 4) is 5.75 Å². The molecule has 0 atom stereocenters. The summed E-state index contributed by atoms with van der Waals surface area (Å²) in [5.74, 6) is 0.253. The van der Waals surface area contributed by atoms with Crippen LogP contribution in [0.15, 0.2) is 29.5 Å². The molecule has 0 spiro atoms. The van der Waals surface area contributed by atoms with Gasteiger partial charge < -0.3 is 10.5 Å². The number of benzene rings is 1. The first-order valence-corrected chi connectivity index (χ1v) is 5.91. The van der Waals surface area contributed by atoms with Crippen molar-refractivity contribution in [3.63, 3.8) is 0 Å². The number of nitrogens with zero attached hydrogens (tertiary/aromatic N) is 3. The Kier molecular flexibility index (Phi) is 3.88. The van der Waals surface area contributed by atoms with Gasteiger partial charge in [0.15, 0.2) is 0 Å². The number of ether oxygens (including phenoxy) is 1. The fraction of sp³-hybridized carbons (Fsp3) is 0.231. The lowest BCUT2D eigenvalue weighted by molar-refractivity contribution is -0.137. The van der Waals surface area contributed by atoms with Crippen LogP contribution < -0.4 is 10.5 Å². The minimum absolute atomic E-state index is 0.0982. The van der Waals surface area contributed by atoms with Crippen LogP contribution in [-0.4, -0.2) is 23.0 Å². The molecule has 2 rings (SSSR count). The number of imidazole rings is 1. The topological polar surface area (TPSA) is 65.4 Å². The van der Waals surface area contributed by atoms with Gasteiger partial charge in [-0.25, -0.2) is 9.66 Å². The number of anilines is 1. The molecular weight excluding hydrogens is 285 g/mol. The zero-order valence-corrected chi connectivity index (χ0v) is 11.3. The van der Waals surface area contributed by atoms with E-state index in [1.165, 1.54) is 24.1 Å². The summed E-state index contributed by atoms with van der Waals surface area (Å²) < 4.78 is 44.5. The van der Waals surface area contributed by atoms with Gasteiger partial charge in [-0.1, -0.05) is 0 Å². The number of aromatic nitrogens is 2. The molecule has 1 heterocycles. The molecule has 0 saturated carbocycles. The van der Waals surface area contributed by atoms with Gasteiger partial charge >= 0.3 is 6.18 Å². The first kappa shape index (κ1) is 14.9. The number of aryl methyl sites for hydroxylation is 1. The molecule has 0 amide bonds. The van der Waals surface area contributed by atoms with E-state index in [2.05, 4.69) is 10.1 Å². The summed E-state index contributed by atoms with van der Waals surface area (Å²) in [5.41, 5.74) is 5.69. The molecule has 1 aromatic heterocycles. The van der Waals surface area contributed by atoms with Gasteiger partial charge in [0.05, 0.1) is 30.8 Å². The van der Waals surface area contributed by atoms with Crippen LogP contribution in [0.1, 0.15) is 16.8 Å². The molecule has 0 aliphatic rings. The van der Waals surface area contributed by atoms with E-state index in [0.717, 1.165) is 12.1 Å². The summed E-state index contributed by atoms with van der Waals surface area (Å²) in [6.45, 7) is 1.73. The van der Waals surface area contributed by atoms with Gasteiger partial charge in [0, 0.05) is 0 Å². The van der Waals surface area contributed by atoms with E-state index in [-0.39, 0.29) is 17.3 Å². The minimum atomic E-state index is -4.46. The maximum Gasteiger partial charge on any atom is 0.416 e. The molecule has 0 fully saturated rings. The molecule has 0 bridgehead atoms. The van der Waals surface area contributed by atoms with Crippen LogP contribution in [-0.2, 0) is 6.18 Å². The molecule has 0 radical (unpaired) electrons. The zero-order valence-electron chi connectivity index (χ0n) is 11.3. The number of hydrogen-bond acceptors (Lipinski definition) is 4. The molecule has 8 heteroatoms. The van der Waals surface area contributed by atoms with E-state index < -0.39 is 11.7 Å². The van der Waals surface area contributed by atoms with Crippen molar-refractivity contribution in [2.24, 2.45) is 5.10 Å². The van der Waals surface area contributed by atoms with Crippen molar-refractivity contribution in [2.75, 3.05) is 12.8 Å². The Bertz CT molecular complexity index is 677. The third kappa shape index (κ3) is 3.53. The van der Waals surface area contributed by atoms with Gasteiger partial charge in [-0.2, -0.15) is 18.3 Å². The normalized spacial score (nSPS) is 12.0. The molecule has 0 aliphatic heterocycles. The molecule has 0 unspecified atom stereocenters. The van der Waals surface area contributed by atoms with Crippen LogP contribution >= 0.6 is 0 Å². The van der Waals surface area contributed by atoms with Gasteiger partial charge in [-0.15, -0.1) is 0 Å². The van der Waals surface area contributed by atoms with Crippen LogP contribution in [0.5, 0.6) is 5.75 Å². The predicted octanol–water partition coefficient (Wildman–Crippen LogP) is 2.68. The average molecular weight is 298 g/mol. The van der Waals surface area contributed by atoms with E-state index >= 15 is 0 Å². The largest absolute Gasteiger partial charge is 0.497 e.